The summed E-state index contributed by atoms with van der Waals surface area (Å²) in [5, 5.41) is 0. The minimum Gasteiger partial charge on any atom is -0.303 e. The van der Waals surface area contributed by atoms with Crippen LogP contribution in [-0.2, 0) is 4.79 Å². The van der Waals surface area contributed by atoms with Crippen LogP contribution in [0.25, 0.3) is 5.57 Å². The molecular weight excluding hydrogens is 458 g/mol. The van der Waals surface area contributed by atoms with Gasteiger partial charge < -0.3 is 4.79 Å². The largest absolute Gasteiger partial charge is 0.303 e. The van der Waals surface area contributed by atoms with E-state index in [0.717, 1.165) is 35.1 Å². The van der Waals surface area contributed by atoms with Gasteiger partial charge in [-0.15, -0.1) is 0 Å². The summed E-state index contributed by atoms with van der Waals surface area (Å²) in [5.74, 6) is 0.861. The number of halogens is 1. The minimum atomic E-state index is 0.750. The Morgan fingerprint density at radius 2 is 1.75 bits per heavy atom. The lowest BCUT2D eigenvalue weighted by Crippen LogP contribution is -1.97. The molecule has 180 valence electrons. The lowest BCUT2D eigenvalue weighted by Gasteiger charge is -2.11. The molecule has 0 aliphatic heterocycles. The zero-order chi connectivity index (χ0) is 24.9. The van der Waals surface area contributed by atoms with Crippen LogP contribution < -0.4 is 0 Å². The van der Waals surface area contributed by atoms with E-state index in [-0.39, 0.29) is 0 Å². The SMILES string of the molecule is C=C(C=C(C)C)c1ccccc1C.CCCC(CC)CCCC=O.CN=CC(Br)=C(C)C. The summed E-state index contributed by atoms with van der Waals surface area (Å²) in [7, 11) is 1.75. The topological polar surface area (TPSA) is 29.4 Å². The first-order valence-electron chi connectivity index (χ1n) is 11.7. The molecule has 0 N–H and O–H groups in total. The molecule has 0 aromatic heterocycles. The van der Waals surface area contributed by atoms with Crippen LogP contribution in [0.3, 0.4) is 0 Å². The van der Waals surface area contributed by atoms with Crippen molar-refractivity contribution in [1.29, 1.82) is 0 Å². The van der Waals surface area contributed by atoms with E-state index in [4.69, 9.17) is 0 Å². The molecule has 0 saturated heterocycles. The number of aryl methyl sites for hydroxylation is 1. The number of nitrogens with zero attached hydrogens (tertiary/aromatic N) is 1. The van der Waals surface area contributed by atoms with Gasteiger partial charge in [0.2, 0.25) is 0 Å². The van der Waals surface area contributed by atoms with Crippen LogP contribution in [0.4, 0.5) is 0 Å². The van der Waals surface area contributed by atoms with Gasteiger partial charge in [0.25, 0.3) is 0 Å². The summed E-state index contributed by atoms with van der Waals surface area (Å²) in [6.45, 7) is 18.9. The second-order valence-corrected chi connectivity index (χ2v) is 9.31. The first kappa shape index (κ1) is 32.4. The molecule has 0 saturated carbocycles. The molecule has 1 aromatic carbocycles. The molecule has 0 spiro atoms. The summed E-state index contributed by atoms with van der Waals surface area (Å²) >= 11 is 3.33. The van der Waals surface area contributed by atoms with Gasteiger partial charge in [-0.2, -0.15) is 0 Å². The fourth-order valence-corrected chi connectivity index (χ4v) is 3.26. The van der Waals surface area contributed by atoms with Gasteiger partial charge in [-0.05, 0) is 79.6 Å². The Morgan fingerprint density at radius 3 is 2.16 bits per heavy atom. The summed E-state index contributed by atoms with van der Waals surface area (Å²) in [6.07, 6.45) is 11.9. The van der Waals surface area contributed by atoms with Gasteiger partial charge in [0, 0.05) is 24.2 Å². The minimum absolute atomic E-state index is 0.750. The number of rotatable bonds is 10. The van der Waals surface area contributed by atoms with Crippen molar-refractivity contribution in [3.63, 3.8) is 0 Å². The number of carbonyl (C=O) groups excluding carboxylic acids is 1. The fraction of sp³-hybridized carbons (Fsp3) is 0.517. The van der Waals surface area contributed by atoms with E-state index < -0.39 is 0 Å². The van der Waals surface area contributed by atoms with Crippen molar-refractivity contribution in [3.8, 4) is 0 Å². The number of hydrogen-bond acceptors (Lipinski definition) is 2. The van der Waals surface area contributed by atoms with Crippen molar-refractivity contribution in [2.75, 3.05) is 7.05 Å². The van der Waals surface area contributed by atoms with Crippen LogP contribution in [0, 0.1) is 12.8 Å². The molecule has 0 aliphatic carbocycles. The third kappa shape index (κ3) is 17.9. The van der Waals surface area contributed by atoms with Crippen LogP contribution in [0.5, 0.6) is 0 Å². The first-order chi connectivity index (χ1) is 15.1. The number of unbranched alkanes of at least 4 members (excludes halogenated alkanes) is 1. The molecule has 3 heteroatoms. The molecule has 32 heavy (non-hydrogen) atoms. The Kier molecular flexibility index (Phi) is 21.4. The van der Waals surface area contributed by atoms with Gasteiger partial charge in [0.1, 0.15) is 6.29 Å². The zero-order valence-electron chi connectivity index (χ0n) is 21.8. The highest BCUT2D eigenvalue weighted by atomic mass is 79.9. The van der Waals surface area contributed by atoms with E-state index in [9.17, 15) is 4.79 Å². The fourth-order valence-electron chi connectivity index (χ4n) is 3.05. The molecule has 0 radical (unpaired) electrons. The molecule has 0 amide bonds. The van der Waals surface area contributed by atoms with E-state index in [1.165, 1.54) is 48.0 Å². The molecule has 1 aromatic rings. The molecule has 0 aliphatic rings. The second kappa shape index (κ2) is 21.1. The molecule has 1 unspecified atom stereocenters. The van der Waals surface area contributed by atoms with E-state index in [0.29, 0.717) is 0 Å². The van der Waals surface area contributed by atoms with Crippen molar-refractivity contribution in [2.24, 2.45) is 10.9 Å². The van der Waals surface area contributed by atoms with Gasteiger partial charge >= 0.3 is 0 Å². The van der Waals surface area contributed by atoms with Gasteiger partial charge in [0.05, 0.1) is 0 Å². The maximum Gasteiger partial charge on any atom is 0.119 e. The third-order valence-corrected chi connectivity index (χ3v) is 5.88. The Hall–Kier alpha value is -1.74. The Morgan fingerprint density at radius 1 is 1.12 bits per heavy atom. The summed E-state index contributed by atoms with van der Waals surface area (Å²) in [5.41, 5.74) is 6.15. The van der Waals surface area contributed by atoms with Gasteiger partial charge in [-0.25, -0.2) is 0 Å². The lowest BCUT2D eigenvalue weighted by molar-refractivity contribution is -0.108. The van der Waals surface area contributed by atoms with E-state index >= 15 is 0 Å². The van der Waals surface area contributed by atoms with Crippen molar-refractivity contribution in [3.05, 3.63) is 63.7 Å². The third-order valence-electron chi connectivity index (χ3n) is 4.88. The number of aldehydes is 1. The molecule has 1 rings (SSSR count). The van der Waals surface area contributed by atoms with Crippen molar-refractivity contribution >= 4 is 34.0 Å². The molecule has 2 nitrogen and oxygen atoms in total. The average Bonchev–Trinajstić information content (AvgIpc) is 2.74. The van der Waals surface area contributed by atoms with Crippen molar-refractivity contribution in [2.45, 2.75) is 87.0 Å². The maximum atomic E-state index is 10.0. The zero-order valence-corrected chi connectivity index (χ0v) is 23.4. The van der Waals surface area contributed by atoms with Gasteiger partial charge in [-0.1, -0.05) is 87.6 Å². The van der Waals surface area contributed by atoms with Crippen LogP contribution in [0.15, 0.2) is 57.5 Å². The van der Waals surface area contributed by atoms with Crippen molar-refractivity contribution in [1.82, 2.24) is 0 Å². The number of allylic oxidation sites excluding steroid dienone is 5. The van der Waals surface area contributed by atoms with Crippen LogP contribution in [-0.4, -0.2) is 19.5 Å². The van der Waals surface area contributed by atoms with Gasteiger partial charge in [-0.3, -0.25) is 4.99 Å². The predicted molar refractivity (Wildman–Crippen MR) is 150 cm³/mol. The van der Waals surface area contributed by atoms with E-state index in [2.05, 4.69) is 86.4 Å². The maximum absolute atomic E-state index is 10.0. The van der Waals surface area contributed by atoms with Crippen LogP contribution >= 0.6 is 15.9 Å². The molecule has 1 atom stereocenters. The monoisotopic (exact) mass is 503 g/mol. The number of benzene rings is 1. The number of carbonyl (C=O) groups is 1. The highest BCUT2D eigenvalue weighted by molar-refractivity contribution is 9.12. The van der Waals surface area contributed by atoms with Crippen molar-refractivity contribution < 1.29 is 4.79 Å². The smallest absolute Gasteiger partial charge is 0.119 e. The Balaban J connectivity index is 0. The lowest BCUT2D eigenvalue weighted by atomic mass is 9.95. The molecule has 0 bridgehead atoms. The van der Waals surface area contributed by atoms with Crippen LogP contribution in [0.1, 0.15) is 91.2 Å². The summed E-state index contributed by atoms with van der Waals surface area (Å²) < 4.78 is 1.07. The Labute approximate surface area is 207 Å². The van der Waals surface area contributed by atoms with E-state index in [1.54, 1.807) is 13.3 Å². The molecule has 0 fully saturated rings. The highest BCUT2D eigenvalue weighted by Gasteiger charge is 2.03. The van der Waals surface area contributed by atoms with Crippen LogP contribution in [0.2, 0.25) is 0 Å². The highest BCUT2D eigenvalue weighted by Crippen LogP contribution is 2.19. The quantitative estimate of drug-likeness (QED) is 0.135. The number of aliphatic imine (C=N–C) groups is 1. The van der Waals surface area contributed by atoms with E-state index in [1.807, 2.05) is 19.9 Å². The Bertz CT molecular complexity index is 735. The predicted octanol–water partition coefficient (Wildman–Crippen LogP) is 9.53. The second-order valence-electron chi connectivity index (χ2n) is 8.46. The summed E-state index contributed by atoms with van der Waals surface area (Å²) in [6, 6.07) is 8.32. The molecule has 0 heterocycles. The average molecular weight is 505 g/mol. The number of hydrogen-bond donors (Lipinski definition) is 0. The summed E-state index contributed by atoms with van der Waals surface area (Å²) in [4.78, 5) is 13.9. The standard InChI is InChI=1S/C13H16.C10H20O.C6H10BrN/c1-10(2)9-12(4)13-8-6-5-7-11(13)3;1-3-7-10(4-2)8-5-6-9-11;1-5(2)6(7)4-8-3/h5-9H,4H2,1-3H3;9-10H,3-8H2,1-2H3;4H,1-3H3. The van der Waals surface area contributed by atoms with Gasteiger partial charge in [0.15, 0.2) is 0 Å². The molecular formula is C29H46BrNO. The normalized spacial score (nSPS) is 10.8. The first-order valence-corrected chi connectivity index (χ1v) is 12.5.